The van der Waals surface area contributed by atoms with Gasteiger partial charge >= 0.3 is 0 Å². The van der Waals surface area contributed by atoms with Crippen LogP contribution in [0.25, 0.3) is 6.08 Å². The molecule has 5 rings (SSSR count). The van der Waals surface area contributed by atoms with Crippen LogP contribution >= 0.6 is 23.2 Å². The molecule has 4 aliphatic carbocycles. The molecule has 0 spiro atoms. The molecule has 35 heavy (non-hydrogen) atoms. The molecule has 0 bridgehead atoms. The molecule has 1 amide bonds. The SMILES string of the molecule is C[C@]12CC[C@H](O)CC1=CCC1C2CC[C@]2(C)C(=C(\C#N)C(N)=O)/C(=C/c3ccc(Cl)c(Cl)c3)CC12. The van der Waals surface area contributed by atoms with Crippen LogP contribution in [0.2, 0.25) is 10.0 Å². The molecule has 3 saturated carbocycles. The number of nitriles is 1. The van der Waals surface area contributed by atoms with E-state index in [0.717, 1.165) is 61.7 Å². The molecule has 4 aliphatic rings. The molecule has 6 atom stereocenters. The summed E-state index contributed by atoms with van der Waals surface area (Å²) < 4.78 is 0. The van der Waals surface area contributed by atoms with Crippen LogP contribution in [0.4, 0.5) is 0 Å². The highest BCUT2D eigenvalue weighted by atomic mass is 35.5. The molecular formula is C29H32Cl2N2O2. The van der Waals surface area contributed by atoms with Crippen LogP contribution in [0.15, 0.2) is 46.6 Å². The molecule has 0 radical (unpaired) electrons. The fourth-order valence-corrected chi connectivity index (χ4v) is 8.28. The highest BCUT2D eigenvalue weighted by Gasteiger charge is 2.59. The lowest BCUT2D eigenvalue weighted by atomic mass is 9.47. The van der Waals surface area contributed by atoms with Gasteiger partial charge in [-0.25, -0.2) is 0 Å². The predicted octanol–water partition coefficient (Wildman–Crippen LogP) is 6.62. The Morgan fingerprint density at radius 3 is 2.57 bits per heavy atom. The van der Waals surface area contributed by atoms with Crippen LogP contribution in [-0.4, -0.2) is 17.1 Å². The zero-order chi connectivity index (χ0) is 25.1. The number of halogens is 2. The first-order valence-corrected chi connectivity index (χ1v) is 13.3. The van der Waals surface area contributed by atoms with E-state index in [1.165, 1.54) is 5.57 Å². The highest BCUT2D eigenvalue weighted by molar-refractivity contribution is 6.42. The van der Waals surface area contributed by atoms with Crippen molar-refractivity contribution >= 4 is 35.2 Å². The van der Waals surface area contributed by atoms with Gasteiger partial charge in [0.1, 0.15) is 11.6 Å². The Morgan fingerprint density at radius 1 is 1.14 bits per heavy atom. The van der Waals surface area contributed by atoms with Crippen molar-refractivity contribution < 1.29 is 9.90 Å². The molecule has 3 fully saturated rings. The summed E-state index contributed by atoms with van der Waals surface area (Å²) in [5.74, 6) is 0.651. The van der Waals surface area contributed by atoms with Crippen LogP contribution in [0.5, 0.6) is 0 Å². The van der Waals surface area contributed by atoms with E-state index in [4.69, 9.17) is 28.9 Å². The van der Waals surface area contributed by atoms with Gasteiger partial charge in [0.05, 0.1) is 16.1 Å². The van der Waals surface area contributed by atoms with E-state index < -0.39 is 5.91 Å². The predicted molar refractivity (Wildman–Crippen MR) is 139 cm³/mol. The maximum absolute atomic E-state index is 12.4. The largest absolute Gasteiger partial charge is 0.393 e. The summed E-state index contributed by atoms with van der Waals surface area (Å²) in [6, 6.07) is 7.64. The first kappa shape index (κ1) is 24.6. The molecule has 3 N–H and O–H groups in total. The number of allylic oxidation sites excluding steroid dienone is 3. The number of fused-ring (bicyclic) bond motifs is 5. The number of rotatable bonds is 2. The zero-order valence-electron chi connectivity index (χ0n) is 20.3. The highest BCUT2D eigenvalue weighted by Crippen LogP contribution is 2.67. The fourth-order valence-electron chi connectivity index (χ4n) is 7.97. The van der Waals surface area contributed by atoms with Crippen molar-refractivity contribution in [3.63, 3.8) is 0 Å². The number of nitrogens with zero attached hydrogens (tertiary/aromatic N) is 1. The second-order valence-electron chi connectivity index (χ2n) is 11.4. The fraction of sp³-hybridized carbons (Fsp3) is 0.517. The number of hydrogen-bond donors (Lipinski definition) is 2. The number of carbonyl (C=O) groups is 1. The van der Waals surface area contributed by atoms with Crippen molar-refractivity contribution in [1.29, 1.82) is 5.26 Å². The average Bonchev–Trinajstić information content (AvgIpc) is 3.09. The van der Waals surface area contributed by atoms with Gasteiger partial charge in [-0.2, -0.15) is 5.26 Å². The number of aliphatic hydroxyl groups is 1. The van der Waals surface area contributed by atoms with Crippen molar-refractivity contribution in [2.24, 2.45) is 34.3 Å². The number of hydrogen-bond acceptors (Lipinski definition) is 3. The van der Waals surface area contributed by atoms with Gasteiger partial charge in [-0.3, -0.25) is 4.79 Å². The van der Waals surface area contributed by atoms with Crippen molar-refractivity contribution in [2.75, 3.05) is 0 Å². The normalized spacial score (nSPS) is 38.6. The molecule has 0 aliphatic heterocycles. The van der Waals surface area contributed by atoms with Crippen LogP contribution in [0.1, 0.15) is 64.4 Å². The Balaban J connectivity index is 1.62. The lowest BCUT2D eigenvalue weighted by Crippen LogP contribution is -2.49. The summed E-state index contributed by atoms with van der Waals surface area (Å²) >= 11 is 12.4. The quantitative estimate of drug-likeness (QED) is 0.266. The van der Waals surface area contributed by atoms with Gasteiger partial charge in [-0.15, -0.1) is 0 Å². The van der Waals surface area contributed by atoms with Crippen molar-refractivity contribution in [1.82, 2.24) is 0 Å². The lowest BCUT2D eigenvalue weighted by Gasteiger charge is -2.57. The molecule has 1 aromatic carbocycles. The Hall–Kier alpha value is -2.06. The monoisotopic (exact) mass is 510 g/mol. The summed E-state index contributed by atoms with van der Waals surface area (Å²) in [6.07, 6.45) is 10.6. The third kappa shape index (κ3) is 3.88. The molecule has 1 aromatic rings. The van der Waals surface area contributed by atoms with E-state index >= 15 is 0 Å². The second kappa shape index (κ2) is 8.80. The second-order valence-corrected chi connectivity index (χ2v) is 12.2. The Kier molecular flexibility index (Phi) is 6.19. The minimum absolute atomic E-state index is 0.0822. The summed E-state index contributed by atoms with van der Waals surface area (Å²) in [4.78, 5) is 12.4. The third-order valence-electron chi connectivity index (χ3n) is 9.69. The maximum Gasteiger partial charge on any atom is 0.259 e. The summed E-state index contributed by atoms with van der Waals surface area (Å²) in [5.41, 5.74) is 9.80. The van der Waals surface area contributed by atoms with E-state index in [1.54, 1.807) is 6.07 Å². The van der Waals surface area contributed by atoms with E-state index in [0.29, 0.717) is 27.8 Å². The minimum atomic E-state index is -0.661. The number of aliphatic hydroxyl groups excluding tert-OH is 1. The summed E-state index contributed by atoms with van der Waals surface area (Å²) in [5, 5.41) is 21.2. The van der Waals surface area contributed by atoms with Crippen molar-refractivity contribution in [2.45, 2.75) is 64.9 Å². The Morgan fingerprint density at radius 2 is 1.89 bits per heavy atom. The van der Waals surface area contributed by atoms with Crippen molar-refractivity contribution in [3.05, 3.63) is 62.2 Å². The number of amides is 1. The summed E-state index contributed by atoms with van der Waals surface area (Å²) in [7, 11) is 0. The van der Waals surface area contributed by atoms with Crippen LogP contribution in [0, 0.1) is 39.9 Å². The van der Waals surface area contributed by atoms with Gasteiger partial charge in [0.25, 0.3) is 5.91 Å². The molecule has 0 aromatic heterocycles. The van der Waals surface area contributed by atoms with Gasteiger partial charge in [0.15, 0.2) is 0 Å². The molecule has 0 saturated heterocycles. The van der Waals surface area contributed by atoms with E-state index in [1.807, 2.05) is 12.1 Å². The standard InChI is InChI=1S/C29H32Cl2N2O2/c1-28-9-7-19(34)14-18(28)4-5-20-22(28)8-10-29(2)23(20)13-17(26(29)21(15-32)27(33)35)11-16-3-6-24(30)25(31)12-16/h3-4,6,11-12,19-20,22-23,34H,5,7-10,13-14H2,1-2H3,(H2,33,35)/b17-11+,26-21+/t19-,20?,22?,23?,28-,29-/m0/s1. The molecule has 184 valence electrons. The first-order valence-electron chi connectivity index (χ1n) is 12.6. The molecular weight excluding hydrogens is 479 g/mol. The number of primary amides is 1. The molecule has 3 unspecified atom stereocenters. The van der Waals surface area contributed by atoms with Crippen LogP contribution in [-0.2, 0) is 4.79 Å². The maximum atomic E-state index is 12.4. The summed E-state index contributed by atoms with van der Waals surface area (Å²) in [6.45, 7) is 4.62. The Labute approximate surface area is 217 Å². The number of benzene rings is 1. The third-order valence-corrected chi connectivity index (χ3v) is 10.4. The van der Waals surface area contributed by atoms with Gasteiger partial charge in [0.2, 0.25) is 0 Å². The average molecular weight is 511 g/mol. The molecule has 4 nitrogen and oxygen atoms in total. The van der Waals surface area contributed by atoms with E-state index in [9.17, 15) is 15.2 Å². The van der Waals surface area contributed by atoms with E-state index in [2.05, 4.69) is 32.1 Å². The minimum Gasteiger partial charge on any atom is -0.393 e. The number of carbonyl (C=O) groups excluding carboxylic acids is 1. The lowest BCUT2D eigenvalue weighted by molar-refractivity contribution is -0.114. The molecule has 6 heteroatoms. The van der Waals surface area contributed by atoms with Gasteiger partial charge in [0, 0.05) is 0 Å². The van der Waals surface area contributed by atoms with Crippen LogP contribution < -0.4 is 5.73 Å². The van der Waals surface area contributed by atoms with Crippen molar-refractivity contribution in [3.8, 4) is 6.07 Å². The van der Waals surface area contributed by atoms with Crippen LogP contribution in [0.3, 0.4) is 0 Å². The van der Waals surface area contributed by atoms with Gasteiger partial charge in [-0.1, -0.05) is 60.8 Å². The van der Waals surface area contributed by atoms with Gasteiger partial charge < -0.3 is 10.8 Å². The Bertz CT molecular complexity index is 1230. The van der Waals surface area contributed by atoms with Gasteiger partial charge in [-0.05, 0) is 102 Å². The first-order chi connectivity index (χ1) is 16.6. The van der Waals surface area contributed by atoms with E-state index in [-0.39, 0.29) is 22.5 Å². The zero-order valence-corrected chi connectivity index (χ0v) is 21.8. The number of nitrogens with two attached hydrogens (primary N) is 1. The molecule has 0 heterocycles. The smallest absolute Gasteiger partial charge is 0.259 e. The topological polar surface area (TPSA) is 87.1 Å².